The average molecular weight is 322 g/mol. The molecule has 5 nitrogen and oxygen atoms in total. The Morgan fingerprint density at radius 3 is 2.74 bits per heavy atom. The third-order valence-electron chi connectivity index (χ3n) is 2.66. The van der Waals surface area contributed by atoms with Crippen LogP contribution in [0.25, 0.3) is 0 Å². The Morgan fingerprint density at radius 2 is 2.16 bits per heavy atom. The highest BCUT2D eigenvalue weighted by Gasteiger charge is 2.09. The zero-order valence-electron chi connectivity index (χ0n) is 10.3. The molecule has 2 rings (SSSR count). The van der Waals surface area contributed by atoms with Gasteiger partial charge in [0.15, 0.2) is 0 Å². The number of nitro benzene ring substituents is 1. The largest absolute Gasteiger partial charge is 0.379 e. The van der Waals surface area contributed by atoms with Crippen molar-refractivity contribution in [2.75, 3.05) is 5.32 Å². The highest BCUT2D eigenvalue weighted by molar-refractivity contribution is 9.10. The molecular formula is C13H12BrN3O2. The number of nitrogens with zero attached hydrogens (tertiary/aromatic N) is 2. The number of aromatic nitrogens is 1. The molecule has 0 spiro atoms. The summed E-state index contributed by atoms with van der Waals surface area (Å²) in [6.07, 6.45) is 1.73. The van der Waals surface area contributed by atoms with E-state index in [4.69, 9.17) is 0 Å². The monoisotopic (exact) mass is 321 g/mol. The summed E-state index contributed by atoms with van der Waals surface area (Å²) >= 11 is 3.33. The van der Waals surface area contributed by atoms with Gasteiger partial charge in [0.1, 0.15) is 0 Å². The van der Waals surface area contributed by atoms with Gasteiger partial charge in [0, 0.05) is 28.0 Å². The lowest BCUT2D eigenvalue weighted by Crippen LogP contribution is -2.02. The van der Waals surface area contributed by atoms with Gasteiger partial charge in [0.2, 0.25) is 0 Å². The maximum Gasteiger partial charge on any atom is 0.272 e. The molecule has 0 aliphatic heterocycles. The molecule has 0 radical (unpaired) electrons. The Morgan fingerprint density at radius 1 is 1.37 bits per heavy atom. The van der Waals surface area contributed by atoms with E-state index < -0.39 is 0 Å². The quantitative estimate of drug-likeness (QED) is 0.689. The van der Waals surface area contributed by atoms with E-state index in [2.05, 4.69) is 26.2 Å². The minimum Gasteiger partial charge on any atom is -0.379 e. The summed E-state index contributed by atoms with van der Waals surface area (Å²) in [5.74, 6) is 0. The van der Waals surface area contributed by atoms with Gasteiger partial charge >= 0.3 is 0 Å². The van der Waals surface area contributed by atoms with Crippen molar-refractivity contribution in [1.82, 2.24) is 4.98 Å². The molecule has 1 aromatic heterocycles. The van der Waals surface area contributed by atoms with Gasteiger partial charge in [-0.25, -0.2) is 0 Å². The van der Waals surface area contributed by atoms with Crippen LogP contribution in [0.5, 0.6) is 0 Å². The highest BCUT2D eigenvalue weighted by atomic mass is 79.9. The van der Waals surface area contributed by atoms with Crippen molar-refractivity contribution in [1.29, 1.82) is 0 Å². The van der Waals surface area contributed by atoms with Crippen molar-refractivity contribution in [3.05, 3.63) is 62.4 Å². The Labute approximate surface area is 119 Å². The molecule has 0 aliphatic rings. The SMILES string of the molecule is Cc1cc(NCc2ccc(Br)cn2)ccc1[N+](=O)[O-]. The van der Waals surface area contributed by atoms with Gasteiger partial charge in [0.05, 0.1) is 17.2 Å². The normalized spacial score (nSPS) is 10.2. The number of aryl methyl sites for hydroxylation is 1. The predicted octanol–water partition coefficient (Wildman–Crippen LogP) is 3.67. The van der Waals surface area contributed by atoms with Crippen molar-refractivity contribution in [2.24, 2.45) is 0 Å². The summed E-state index contributed by atoms with van der Waals surface area (Å²) in [5.41, 5.74) is 2.51. The number of hydrogen-bond acceptors (Lipinski definition) is 4. The lowest BCUT2D eigenvalue weighted by Gasteiger charge is -2.07. The van der Waals surface area contributed by atoms with Crippen molar-refractivity contribution in [3.63, 3.8) is 0 Å². The molecule has 0 aliphatic carbocycles. The first-order valence-electron chi connectivity index (χ1n) is 5.65. The van der Waals surface area contributed by atoms with E-state index in [1.165, 1.54) is 6.07 Å². The van der Waals surface area contributed by atoms with Crippen LogP contribution in [0.1, 0.15) is 11.3 Å². The van der Waals surface area contributed by atoms with Gasteiger partial charge in [-0.1, -0.05) is 0 Å². The second-order valence-electron chi connectivity index (χ2n) is 4.08. The van der Waals surface area contributed by atoms with Crippen LogP contribution in [0, 0.1) is 17.0 Å². The number of hydrogen-bond donors (Lipinski definition) is 1. The van der Waals surface area contributed by atoms with Gasteiger partial charge in [-0.05, 0) is 47.1 Å². The van der Waals surface area contributed by atoms with E-state index in [-0.39, 0.29) is 10.6 Å². The fraction of sp³-hybridized carbons (Fsp3) is 0.154. The van der Waals surface area contributed by atoms with Crippen LogP contribution >= 0.6 is 15.9 Å². The number of halogens is 1. The lowest BCUT2D eigenvalue weighted by atomic mass is 10.2. The van der Waals surface area contributed by atoms with Gasteiger partial charge in [-0.2, -0.15) is 0 Å². The maximum atomic E-state index is 10.7. The molecule has 19 heavy (non-hydrogen) atoms. The summed E-state index contributed by atoms with van der Waals surface area (Å²) in [6, 6.07) is 8.80. The van der Waals surface area contributed by atoms with E-state index in [0.29, 0.717) is 12.1 Å². The molecule has 0 saturated carbocycles. The summed E-state index contributed by atoms with van der Waals surface area (Å²) in [7, 11) is 0. The fourth-order valence-electron chi connectivity index (χ4n) is 1.67. The molecule has 0 saturated heterocycles. The molecule has 1 heterocycles. The number of rotatable bonds is 4. The van der Waals surface area contributed by atoms with E-state index in [1.807, 2.05) is 12.1 Å². The van der Waals surface area contributed by atoms with Gasteiger partial charge < -0.3 is 5.32 Å². The third kappa shape index (κ3) is 3.51. The van der Waals surface area contributed by atoms with Crippen LogP contribution in [0.4, 0.5) is 11.4 Å². The first-order valence-corrected chi connectivity index (χ1v) is 6.45. The van der Waals surface area contributed by atoms with Crippen LogP contribution < -0.4 is 5.32 Å². The van der Waals surface area contributed by atoms with Crippen LogP contribution in [-0.4, -0.2) is 9.91 Å². The first-order chi connectivity index (χ1) is 9.06. The molecule has 0 bridgehead atoms. The molecule has 2 aromatic rings. The van der Waals surface area contributed by atoms with Gasteiger partial charge in [0.25, 0.3) is 5.69 Å². The first kappa shape index (κ1) is 13.5. The van der Waals surface area contributed by atoms with Crippen molar-refractivity contribution in [3.8, 4) is 0 Å². The molecule has 0 atom stereocenters. The molecular weight excluding hydrogens is 310 g/mol. The van der Waals surface area contributed by atoms with Crippen LogP contribution in [-0.2, 0) is 6.54 Å². The topological polar surface area (TPSA) is 68.1 Å². The van der Waals surface area contributed by atoms with Crippen molar-refractivity contribution >= 4 is 27.3 Å². The van der Waals surface area contributed by atoms with Crippen molar-refractivity contribution in [2.45, 2.75) is 13.5 Å². The number of anilines is 1. The number of pyridine rings is 1. The molecule has 98 valence electrons. The Kier molecular flexibility index (Phi) is 4.11. The van der Waals surface area contributed by atoms with E-state index in [1.54, 1.807) is 25.3 Å². The summed E-state index contributed by atoms with van der Waals surface area (Å²) in [6.45, 7) is 2.30. The van der Waals surface area contributed by atoms with E-state index in [9.17, 15) is 10.1 Å². The molecule has 0 fully saturated rings. The minimum atomic E-state index is -0.380. The molecule has 0 amide bonds. The third-order valence-corrected chi connectivity index (χ3v) is 3.12. The van der Waals surface area contributed by atoms with Gasteiger partial charge in [-0.3, -0.25) is 15.1 Å². The van der Waals surface area contributed by atoms with Crippen molar-refractivity contribution < 1.29 is 4.92 Å². The van der Waals surface area contributed by atoms with Crippen LogP contribution in [0.15, 0.2) is 41.0 Å². The fourth-order valence-corrected chi connectivity index (χ4v) is 1.91. The van der Waals surface area contributed by atoms with E-state index >= 15 is 0 Å². The smallest absolute Gasteiger partial charge is 0.272 e. The second kappa shape index (κ2) is 5.79. The Hall–Kier alpha value is -1.95. The maximum absolute atomic E-state index is 10.7. The minimum absolute atomic E-state index is 0.132. The number of benzene rings is 1. The molecule has 1 N–H and O–H groups in total. The molecule has 6 heteroatoms. The second-order valence-corrected chi connectivity index (χ2v) is 5.00. The molecule has 1 aromatic carbocycles. The van der Waals surface area contributed by atoms with E-state index in [0.717, 1.165) is 15.9 Å². The molecule has 0 unspecified atom stereocenters. The standard InChI is InChI=1S/C13H12BrN3O2/c1-9-6-11(4-5-13(9)17(18)19)16-8-12-3-2-10(14)7-15-12/h2-7,16H,8H2,1H3. The zero-order chi connectivity index (χ0) is 13.8. The summed E-state index contributed by atoms with van der Waals surface area (Å²) in [5, 5.41) is 13.9. The average Bonchev–Trinajstić information content (AvgIpc) is 2.37. The zero-order valence-corrected chi connectivity index (χ0v) is 11.8. The lowest BCUT2D eigenvalue weighted by molar-refractivity contribution is -0.385. The predicted molar refractivity (Wildman–Crippen MR) is 77.1 cm³/mol. The van der Waals surface area contributed by atoms with Gasteiger partial charge in [-0.15, -0.1) is 0 Å². The summed E-state index contributed by atoms with van der Waals surface area (Å²) < 4.78 is 0.933. The summed E-state index contributed by atoms with van der Waals surface area (Å²) in [4.78, 5) is 14.6. The number of nitrogens with one attached hydrogen (secondary N) is 1. The number of nitro groups is 1. The Balaban J connectivity index is 2.06. The van der Waals surface area contributed by atoms with Crippen LogP contribution in [0.3, 0.4) is 0 Å². The Bertz CT molecular complexity index is 599. The highest BCUT2D eigenvalue weighted by Crippen LogP contribution is 2.21. The van der Waals surface area contributed by atoms with Crippen LogP contribution in [0.2, 0.25) is 0 Å².